The van der Waals surface area contributed by atoms with Gasteiger partial charge in [0.05, 0.1) is 6.54 Å². The summed E-state index contributed by atoms with van der Waals surface area (Å²) in [5, 5.41) is 2.77. The van der Waals surface area contributed by atoms with E-state index in [1.54, 1.807) is 12.1 Å². The van der Waals surface area contributed by atoms with E-state index < -0.39 is 11.4 Å². The van der Waals surface area contributed by atoms with Crippen LogP contribution < -0.4 is 11.1 Å². The monoisotopic (exact) mass is 264 g/mol. The molecule has 17 heavy (non-hydrogen) atoms. The SMILES string of the molecule is NC(=O)CNCc1ccc(SC(F)(F)F)cc1. The van der Waals surface area contributed by atoms with E-state index in [2.05, 4.69) is 5.32 Å². The minimum atomic E-state index is -4.27. The van der Waals surface area contributed by atoms with Crippen LogP contribution >= 0.6 is 11.8 Å². The van der Waals surface area contributed by atoms with E-state index in [4.69, 9.17) is 5.73 Å². The molecule has 3 N–H and O–H groups in total. The number of carbonyl (C=O) groups excluding carboxylic acids is 1. The van der Waals surface area contributed by atoms with Gasteiger partial charge < -0.3 is 11.1 Å². The maximum Gasteiger partial charge on any atom is 0.446 e. The Bertz CT molecular complexity index is 378. The number of benzene rings is 1. The van der Waals surface area contributed by atoms with Crippen LogP contribution in [0.25, 0.3) is 0 Å². The van der Waals surface area contributed by atoms with E-state index >= 15 is 0 Å². The number of rotatable bonds is 5. The number of primary amides is 1. The summed E-state index contributed by atoms with van der Waals surface area (Å²) in [7, 11) is 0. The van der Waals surface area contributed by atoms with Gasteiger partial charge in [-0.3, -0.25) is 4.79 Å². The number of halogens is 3. The van der Waals surface area contributed by atoms with Crippen molar-refractivity contribution in [3.05, 3.63) is 29.8 Å². The molecule has 0 radical (unpaired) electrons. The third-order valence-electron chi connectivity index (χ3n) is 1.79. The molecule has 0 aromatic heterocycles. The lowest BCUT2D eigenvalue weighted by molar-refractivity contribution is -0.117. The van der Waals surface area contributed by atoms with Gasteiger partial charge in [-0.1, -0.05) is 12.1 Å². The van der Waals surface area contributed by atoms with Crippen molar-refractivity contribution in [1.82, 2.24) is 5.32 Å². The van der Waals surface area contributed by atoms with Crippen LogP contribution in [-0.4, -0.2) is 18.0 Å². The topological polar surface area (TPSA) is 55.1 Å². The highest BCUT2D eigenvalue weighted by molar-refractivity contribution is 8.00. The highest BCUT2D eigenvalue weighted by Gasteiger charge is 2.28. The Labute approximate surface area is 101 Å². The van der Waals surface area contributed by atoms with Crippen molar-refractivity contribution in [2.75, 3.05) is 6.54 Å². The quantitative estimate of drug-likeness (QED) is 0.798. The number of thioether (sulfide) groups is 1. The third-order valence-corrected chi connectivity index (χ3v) is 2.52. The van der Waals surface area contributed by atoms with Crippen molar-refractivity contribution in [3.63, 3.8) is 0 Å². The minimum Gasteiger partial charge on any atom is -0.369 e. The highest BCUT2D eigenvalue weighted by Crippen LogP contribution is 2.36. The molecule has 1 aromatic rings. The predicted octanol–water partition coefficient (Wildman–Crippen LogP) is 1.87. The minimum absolute atomic E-state index is 0.0407. The number of amides is 1. The van der Waals surface area contributed by atoms with Crippen molar-refractivity contribution >= 4 is 17.7 Å². The second-order valence-corrected chi connectivity index (χ2v) is 4.40. The Morgan fingerprint density at radius 3 is 2.35 bits per heavy atom. The lowest BCUT2D eigenvalue weighted by atomic mass is 10.2. The Morgan fingerprint density at radius 2 is 1.88 bits per heavy atom. The molecule has 0 bridgehead atoms. The molecule has 0 fully saturated rings. The van der Waals surface area contributed by atoms with E-state index in [0.717, 1.165) is 5.56 Å². The average molecular weight is 264 g/mol. The van der Waals surface area contributed by atoms with Gasteiger partial charge in [-0.15, -0.1) is 0 Å². The van der Waals surface area contributed by atoms with Crippen molar-refractivity contribution in [3.8, 4) is 0 Å². The molecule has 1 amide bonds. The molecule has 7 heteroatoms. The summed E-state index contributed by atoms with van der Waals surface area (Å²) in [5.74, 6) is -0.478. The first-order valence-electron chi connectivity index (χ1n) is 4.70. The van der Waals surface area contributed by atoms with Gasteiger partial charge in [0, 0.05) is 11.4 Å². The number of carbonyl (C=O) groups is 1. The Hall–Kier alpha value is -1.21. The molecule has 1 aromatic carbocycles. The van der Waals surface area contributed by atoms with Gasteiger partial charge in [0.1, 0.15) is 0 Å². The van der Waals surface area contributed by atoms with E-state index in [1.807, 2.05) is 0 Å². The fourth-order valence-corrected chi connectivity index (χ4v) is 1.68. The number of hydrogen-bond acceptors (Lipinski definition) is 3. The molecule has 0 aliphatic carbocycles. The van der Waals surface area contributed by atoms with Crippen LogP contribution in [0.2, 0.25) is 0 Å². The molecular weight excluding hydrogens is 253 g/mol. The van der Waals surface area contributed by atoms with E-state index in [-0.39, 0.29) is 23.2 Å². The van der Waals surface area contributed by atoms with Crippen LogP contribution in [-0.2, 0) is 11.3 Å². The van der Waals surface area contributed by atoms with Crippen LogP contribution in [0.5, 0.6) is 0 Å². The van der Waals surface area contributed by atoms with Gasteiger partial charge in [0.25, 0.3) is 0 Å². The number of hydrogen-bond donors (Lipinski definition) is 2. The molecule has 0 saturated carbocycles. The van der Waals surface area contributed by atoms with Crippen LogP contribution in [0.4, 0.5) is 13.2 Å². The molecule has 0 aliphatic heterocycles. The van der Waals surface area contributed by atoms with Crippen LogP contribution in [0.3, 0.4) is 0 Å². The number of nitrogens with two attached hydrogens (primary N) is 1. The van der Waals surface area contributed by atoms with Gasteiger partial charge in [-0.25, -0.2) is 0 Å². The second kappa shape index (κ2) is 5.92. The Kier molecular flexibility index (Phi) is 4.83. The van der Waals surface area contributed by atoms with Crippen molar-refractivity contribution in [1.29, 1.82) is 0 Å². The lowest BCUT2D eigenvalue weighted by Crippen LogP contribution is -2.28. The first-order valence-corrected chi connectivity index (χ1v) is 5.52. The molecule has 0 heterocycles. The Balaban J connectivity index is 2.47. The molecule has 0 aliphatic rings. The highest BCUT2D eigenvalue weighted by atomic mass is 32.2. The van der Waals surface area contributed by atoms with Gasteiger partial charge in [0.2, 0.25) is 5.91 Å². The van der Waals surface area contributed by atoms with E-state index in [0.29, 0.717) is 6.54 Å². The lowest BCUT2D eigenvalue weighted by Gasteiger charge is -2.07. The number of nitrogens with one attached hydrogen (secondary N) is 1. The summed E-state index contributed by atoms with van der Waals surface area (Å²) in [6.07, 6.45) is 0. The van der Waals surface area contributed by atoms with Crippen molar-refractivity contribution in [2.24, 2.45) is 5.73 Å². The molecule has 1 rings (SSSR count). The smallest absolute Gasteiger partial charge is 0.369 e. The zero-order valence-electron chi connectivity index (χ0n) is 8.75. The normalized spacial score (nSPS) is 11.5. The maximum absolute atomic E-state index is 12.0. The largest absolute Gasteiger partial charge is 0.446 e. The first-order chi connectivity index (χ1) is 7.87. The third kappa shape index (κ3) is 6.18. The fourth-order valence-electron chi connectivity index (χ4n) is 1.14. The Morgan fingerprint density at radius 1 is 1.29 bits per heavy atom. The standard InChI is InChI=1S/C10H11F3N2OS/c11-10(12,13)17-8-3-1-7(2-4-8)5-15-6-9(14)16/h1-4,15H,5-6H2,(H2,14,16). The first kappa shape index (κ1) is 13.9. The zero-order chi connectivity index (χ0) is 12.9. The van der Waals surface area contributed by atoms with Crippen molar-refractivity contribution < 1.29 is 18.0 Å². The molecule has 3 nitrogen and oxygen atoms in total. The fraction of sp³-hybridized carbons (Fsp3) is 0.300. The van der Waals surface area contributed by atoms with Crippen LogP contribution in [0, 0.1) is 0 Å². The second-order valence-electron chi connectivity index (χ2n) is 3.26. The van der Waals surface area contributed by atoms with Gasteiger partial charge in [-0.05, 0) is 29.5 Å². The van der Waals surface area contributed by atoms with Gasteiger partial charge in [-0.2, -0.15) is 13.2 Å². The van der Waals surface area contributed by atoms with E-state index in [9.17, 15) is 18.0 Å². The van der Waals surface area contributed by atoms with Gasteiger partial charge >= 0.3 is 5.51 Å². The number of alkyl halides is 3. The van der Waals surface area contributed by atoms with Crippen LogP contribution in [0.1, 0.15) is 5.56 Å². The maximum atomic E-state index is 12.0. The molecular formula is C10H11F3N2OS. The summed E-state index contributed by atoms with van der Waals surface area (Å²) < 4.78 is 36.1. The van der Waals surface area contributed by atoms with E-state index in [1.165, 1.54) is 12.1 Å². The molecule has 0 atom stereocenters. The summed E-state index contributed by atoms with van der Waals surface area (Å²) in [4.78, 5) is 10.6. The van der Waals surface area contributed by atoms with Crippen molar-refractivity contribution in [2.45, 2.75) is 16.9 Å². The summed E-state index contributed by atoms with van der Waals surface area (Å²) in [6.45, 7) is 0.430. The predicted molar refractivity (Wildman–Crippen MR) is 59.3 cm³/mol. The molecule has 94 valence electrons. The summed E-state index contributed by atoms with van der Waals surface area (Å²) >= 11 is -0.156. The average Bonchev–Trinajstić information content (AvgIpc) is 2.18. The van der Waals surface area contributed by atoms with Gasteiger partial charge in [0.15, 0.2) is 0 Å². The molecule has 0 unspecified atom stereocenters. The van der Waals surface area contributed by atoms with Crippen LogP contribution in [0.15, 0.2) is 29.2 Å². The summed E-state index contributed by atoms with van der Waals surface area (Å²) in [6, 6.07) is 5.92. The molecule has 0 saturated heterocycles. The summed E-state index contributed by atoms with van der Waals surface area (Å²) in [5.41, 5.74) is 1.44. The zero-order valence-corrected chi connectivity index (χ0v) is 9.57. The molecule has 0 spiro atoms.